The molecule has 1 atom stereocenters. The van der Waals surface area contributed by atoms with E-state index in [1.54, 1.807) is 6.92 Å². The fourth-order valence-corrected chi connectivity index (χ4v) is 2.90. The highest BCUT2D eigenvalue weighted by molar-refractivity contribution is 5.67. The highest BCUT2D eigenvalue weighted by Crippen LogP contribution is 2.47. The lowest BCUT2D eigenvalue weighted by atomic mass is 9.89. The normalized spacial score (nSPS) is 20.3. The van der Waals surface area contributed by atoms with Gasteiger partial charge in [-0.05, 0) is 54.8 Å². The number of hydroxylamine groups is 1. The van der Waals surface area contributed by atoms with Gasteiger partial charge in [-0.25, -0.2) is 4.39 Å². The fraction of sp³-hybridized carbons (Fsp3) is 0.263. The number of hydrogen-bond acceptors (Lipinski definition) is 2. The average molecular weight is 351 g/mol. The largest absolute Gasteiger partial charge is 0.428 e. The zero-order chi connectivity index (χ0) is 18.2. The predicted octanol–water partition coefficient (Wildman–Crippen LogP) is 5.03. The summed E-state index contributed by atoms with van der Waals surface area (Å²) < 4.78 is 54.9. The number of aryl methyl sites for hydroxylation is 2. The van der Waals surface area contributed by atoms with Crippen molar-refractivity contribution < 1.29 is 22.4 Å². The molecule has 1 N–H and O–H groups in total. The molecule has 0 saturated carbocycles. The monoisotopic (exact) mass is 351 g/mol. The van der Waals surface area contributed by atoms with E-state index in [9.17, 15) is 17.6 Å². The van der Waals surface area contributed by atoms with E-state index in [2.05, 4.69) is 5.48 Å². The number of rotatable bonds is 3. The van der Waals surface area contributed by atoms with Gasteiger partial charge in [0.05, 0.1) is 5.70 Å². The molecular weight excluding hydrogens is 334 g/mol. The molecule has 2 nitrogen and oxygen atoms in total. The van der Waals surface area contributed by atoms with Crippen molar-refractivity contribution in [2.75, 3.05) is 0 Å². The predicted molar refractivity (Wildman–Crippen MR) is 86.9 cm³/mol. The zero-order valence-corrected chi connectivity index (χ0v) is 13.7. The molecule has 0 aromatic heterocycles. The number of nitrogens with one attached hydrogen (secondary N) is 1. The molecular formula is C19H17F4NO. The van der Waals surface area contributed by atoms with Gasteiger partial charge in [0.2, 0.25) is 5.60 Å². The Hall–Kier alpha value is -2.34. The van der Waals surface area contributed by atoms with Gasteiger partial charge in [0.25, 0.3) is 0 Å². The first-order chi connectivity index (χ1) is 11.7. The smallest absolute Gasteiger partial charge is 0.265 e. The van der Waals surface area contributed by atoms with Crippen LogP contribution in [0.15, 0.2) is 48.5 Å². The van der Waals surface area contributed by atoms with Crippen LogP contribution < -0.4 is 5.48 Å². The number of halogens is 4. The van der Waals surface area contributed by atoms with Gasteiger partial charge in [-0.2, -0.15) is 13.2 Å². The van der Waals surface area contributed by atoms with Gasteiger partial charge in [-0.1, -0.05) is 30.7 Å². The average Bonchev–Trinajstić information content (AvgIpc) is 3.01. The van der Waals surface area contributed by atoms with Crippen LogP contribution in [0.4, 0.5) is 17.6 Å². The Balaban J connectivity index is 2.13. The molecule has 6 heteroatoms. The first-order valence-electron chi connectivity index (χ1n) is 7.86. The third-order valence-corrected chi connectivity index (χ3v) is 4.22. The van der Waals surface area contributed by atoms with Crippen molar-refractivity contribution in [2.45, 2.75) is 32.0 Å². The summed E-state index contributed by atoms with van der Waals surface area (Å²) >= 11 is 0. The van der Waals surface area contributed by atoms with E-state index in [-0.39, 0.29) is 11.3 Å². The van der Waals surface area contributed by atoms with Gasteiger partial charge in [0.1, 0.15) is 5.82 Å². The van der Waals surface area contributed by atoms with Crippen LogP contribution in [-0.2, 0) is 16.9 Å². The minimum Gasteiger partial charge on any atom is -0.265 e. The topological polar surface area (TPSA) is 21.3 Å². The number of alkyl halides is 3. The standard InChI is InChI=1S/C19H17F4NO/c1-3-13-8-12(2)9-15(10-13)18(19(21,22)23)11-17(24-25-18)14-4-6-16(20)7-5-14/h4-11,24H,3H2,1-2H3. The Labute approximate surface area is 143 Å². The Morgan fingerprint density at radius 2 is 1.76 bits per heavy atom. The summed E-state index contributed by atoms with van der Waals surface area (Å²) in [6.07, 6.45) is -3.04. The van der Waals surface area contributed by atoms with Crippen molar-refractivity contribution in [1.29, 1.82) is 0 Å². The molecule has 0 saturated heterocycles. The maximum atomic E-state index is 14.0. The molecule has 0 aliphatic carbocycles. The maximum Gasteiger partial charge on any atom is 0.428 e. The van der Waals surface area contributed by atoms with Crippen LogP contribution in [0.1, 0.15) is 29.2 Å². The van der Waals surface area contributed by atoms with Gasteiger partial charge in [-0.15, -0.1) is 0 Å². The van der Waals surface area contributed by atoms with E-state index in [1.807, 2.05) is 13.0 Å². The van der Waals surface area contributed by atoms with Crippen LogP contribution in [0.2, 0.25) is 0 Å². The minimum absolute atomic E-state index is 0.0152. The summed E-state index contributed by atoms with van der Waals surface area (Å²) in [6.45, 7) is 3.63. The molecule has 132 valence electrons. The van der Waals surface area contributed by atoms with E-state index in [1.165, 1.54) is 36.4 Å². The Morgan fingerprint density at radius 3 is 2.36 bits per heavy atom. The molecule has 2 aromatic carbocycles. The van der Waals surface area contributed by atoms with Crippen LogP contribution in [0, 0.1) is 12.7 Å². The quantitative estimate of drug-likeness (QED) is 0.783. The molecule has 25 heavy (non-hydrogen) atoms. The van der Waals surface area contributed by atoms with Crippen molar-refractivity contribution in [3.8, 4) is 0 Å². The molecule has 0 spiro atoms. The Morgan fingerprint density at radius 1 is 1.08 bits per heavy atom. The molecule has 1 aliphatic heterocycles. The highest BCUT2D eigenvalue weighted by atomic mass is 19.4. The molecule has 1 heterocycles. The molecule has 1 aliphatic rings. The summed E-state index contributed by atoms with van der Waals surface area (Å²) in [5, 5.41) is 0. The second-order valence-electron chi connectivity index (χ2n) is 6.06. The molecule has 0 bridgehead atoms. The molecule has 2 aromatic rings. The summed E-state index contributed by atoms with van der Waals surface area (Å²) in [5.74, 6) is -0.461. The maximum absolute atomic E-state index is 14.0. The van der Waals surface area contributed by atoms with Crippen molar-refractivity contribution >= 4 is 5.70 Å². The molecule has 3 rings (SSSR count). The lowest BCUT2D eigenvalue weighted by Crippen LogP contribution is -2.42. The minimum atomic E-state index is -4.67. The first-order valence-corrected chi connectivity index (χ1v) is 7.86. The van der Waals surface area contributed by atoms with Gasteiger partial charge >= 0.3 is 6.18 Å². The van der Waals surface area contributed by atoms with Crippen LogP contribution in [0.3, 0.4) is 0 Å². The second kappa shape index (κ2) is 6.19. The van der Waals surface area contributed by atoms with Crippen molar-refractivity contribution in [2.24, 2.45) is 0 Å². The van der Waals surface area contributed by atoms with Crippen molar-refractivity contribution in [1.82, 2.24) is 5.48 Å². The molecule has 0 radical (unpaired) electrons. The van der Waals surface area contributed by atoms with Gasteiger partial charge in [0.15, 0.2) is 0 Å². The van der Waals surface area contributed by atoms with Crippen LogP contribution in [0.5, 0.6) is 0 Å². The Bertz CT molecular complexity index is 811. The molecule has 1 unspecified atom stereocenters. The fourth-order valence-electron chi connectivity index (χ4n) is 2.90. The highest BCUT2D eigenvalue weighted by Gasteiger charge is 2.59. The molecule has 0 amide bonds. The van der Waals surface area contributed by atoms with Gasteiger partial charge in [-0.3, -0.25) is 10.3 Å². The lowest BCUT2D eigenvalue weighted by molar-refractivity contribution is -0.269. The van der Waals surface area contributed by atoms with E-state index in [0.29, 0.717) is 12.0 Å². The Kier molecular flexibility index (Phi) is 4.33. The van der Waals surface area contributed by atoms with Crippen LogP contribution in [-0.4, -0.2) is 6.18 Å². The number of benzene rings is 2. The SMILES string of the molecule is CCc1cc(C)cc(C2(C(F)(F)F)C=C(c3ccc(F)cc3)NO2)c1. The number of hydrogen-bond donors (Lipinski definition) is 1. The van der Waals surface area contributed by atoms with E-state index >= 15 is 0 Å². The lowest BCUT2D eigenvalue weighted by Gasteiger charge is -2.29. The summed E-state index contributed by atoms with van der Waals surface area (Å²) in [4.78, 5) is 5.08. The summed E-state index contributed by atoms with van der Waals surface area (Å²) in [7, 11) is 0. The van der Waals surface area contributed by atoms with Crippen molar-refractivity contribution in [3.63, 3.8) is 0 Å². The third-order valence-electron chi connectivity index (χ3n) is 4.22. The zero-order valence-electron chi connectivity index (χ0n) is 13.7. The van der Waals surface area contributed by atoms with E-state index in [0.717, 1.165) is 17.2 Å². The van der Waals surface area contributed by atoms with Crippen molar-refractivity contribution in [3.05, 3.63) is 76.6 Å². The second-order valence-corrected chi connectivity index (χ2v) is 6.06. The van der Waals surface area contributed by atoms with Crippen LogP contribution in [0.25, 0.3) is 5.70 Å². The summed E-state index contributed by atoms with van der Waals surface area (Å²) in [5.41, 5.74) is 1.88. The third kappa shape index (κ3) is 3.14. The molecule has 0 fully saturated rings. The van der Waals surface area contributed by atoms with Gasteiger partial charge < -0.3 is 0 Å². The first kappa shape index (κ1) is 17.5. The van der Waals surface area contributed by atoms with E-state index in [4.69, 9.17) is 4.84 Å². The van der Waals surface area contributed by atoms with Gasteiger partial charge in [0, 0.05) is 5.56 Å². The van der Waals surface area contributed by atoms with E-state index < -0.39 is 17.6 Å². The van der Waals surface area contributed by atoms with Crippen LogP contribution >= 0.6 is 0 Å². The summed E-state index contributed by atoms with van der Waals surface area (Å²) in [6, 6.07) is 10.0.